The lowest BCUT2D eigenvalue weighted by atomic mass is 10.2. The number of ether oxygens (including phenoxy) is 1. The van der Waals surface area contributed by atoms with Crippen molar-refractivity contribution in [3.05, 3.63) is 42.7 Å². The van der Waals surface area contributed by atoms with Gasteiger partial charge in [0, 0.05) is 6.54 Å². The zero-order chi connectivity index (χ0) is 14.2. The highest BCUT2D eigenvalue weighted by atomic mass is 16.5. The van der Waals surface area contributed by atoms with E-state index >= 15 is 0 Å². The lowest BCUT2D eigenvalue weighted by molar-refractivity contribution is 0.342. The third-order valence-corrected chi connectivity index (χ3v) is 2.78. The normalized spacial score (nSPS) is 10.1. The van der Waals surface area contributed by atoms with Gasteiger partial charge in [-0.25, -0.2) is 0 Å². The summed E-state index contributed by atoms with van der Waals surface area (Å²) in [7, 11) is 0. The van der Waals surface area contributed by atoms with Gasteiger partial charge in [0.1, 0.15) is 5.75 Å². The van der Waals surface area contributed by atoms with E-state index in [2.05, 4.69) is 22.5 Å². The summed E-state index contributed by atoms with van der Waals surface area (Å²) < 4.78 is 5.61. The Balaban J connectivity index is 2.13. The Kier molecular flexibility index (Phi) is 5.24. The Morgan fingerprint density at radius 3 is 2.70 bits per heavy atom. The molecule has 0 spiro atoms. The molecule has 1 aromatic heterocycles. The molecule has 0 unspecified atom stereocenters. The minimum absolute atomic E-state index is 0.648. The average Bonchev–Trinajstić information content (AvgIpc) is 2.48. The molecule has 4 nitrogen and oxygen atoms in total. The van der Waals surface area contributed by atoms with Crippen LogP contribution in [0.3, 0.4) is 0 Å². The zero-order valence-corrected chi connectivity index (χ0v) is 12.0. The smallest absolute Gasteiger partial charge is 0.142 e. The molecule has 2 N–H and O–H groups in total. The fraction of sp³-hybridized carbons (Fsp3) is 0.312. The third-order valence-electron chi connectivity index (χ3n) is 2.78. The first-order valence-electron chi connectivity index (χ1n) is 7.01. The van der Waals surface area contributed by atoms with Gasteiger partial charge in [0.25, 0.3) is 0 Å². The minimum Gasteiger partial charge on any atom is -0.492 e. The van der Waals surface area contributed by atoms with Gasteiger partial charge in [-0.05, 0) is 31.5 Å². The van der Waals surface area contributed by atoms with Gasteiger partial charge in [-0.2, -0.15) is 0 Å². The predicted octanol–water partition coefficient (Wildman–Crippen LogP) is 4.05. The number of hydrogen-bond donors (Lipinski definition) is 2. The molecule has 20 heavy (non-hydrogen) atoms. The summed E-state index contributed by atoms with van der Waals surface area (Å²) in [6, 6.07) is 9.95. The van der Waals surface area contributed by atoms with Gasteiger partial charge in [0.15, 0.2) is 0 Å². The van der Waals surface area contributed by atoms with Crippen LogP contribution in [0.1, 0.15) is 20.3 Å². The Morgan fingerprint density at radius 1 is 1.10 bits per heavy atom. The Labute approximate surface area is 120 Å². The van der Waals surface area contributed by atoms with Gasteiger partial charge in [0.05, 0.1) is 36.1 Å². The van der Waals surface area contributed by atoms with Crippen LogP contribution < -0.4 is 15.4 Å². The highest BCUT2D eigenvalue weighted by Crippen LogP contribution is 2.27. The van der Waals surface area contributed by atoms with Crippen molar-refractivity contribution in [1.29, 1.82) is 0 Å². The maximum absolute atomic E-state index is 5.61. The lowest BCUT2D eigenvalue weighted by Gasteiger charge is -2.13. The first-order chi connectivity index (χ1) is 9.83. The number of nitrogens with zero attached hydrogens (tertiary/aromatic N) is 1. The van der Waals surface area contributed by atoms with Crippen LogP contribution in [0.25, 0.3) is 0 Å². The molecular formula is C16H21N3O. The first-order valence-corrected chi connectivity index (χ1v) is 7.01. The Bertz CT molecular complexity index is 543. The number of nitrogens with one attached hydrogen (secondary N) is 2. The van der Waals surface area contributed by atoms with E-state index in [0.29, 0.717) is 6.61 Å². The highest BCUT2D eigenvalue weighted by Gasteiger charge is 2.03. The molecule has 0 saturated heterocycles. The summed E-state index contributed by atoms with van der Waals surface area (Å²) in [5, 5.41) is 6.67. The van der Waals surface area contributed by atoms with E-state index in [4.69, 9.17) is 4.74 Å². The van der Waals surface area contributed by atoms with E-state index < -0.39 is 0 Å². The predicted molar refractivity (Wildman–Crippen MR) is 83.9 cm³/mol. The van der Waals surface area contributed by atoms with Crippen LogP contribution >= 0.6 is 0 Å². The van der Waals surface area contributed by atoms with E-state index in [1.807, 2.05) is 43.5 Å². The maximum Gasteiger partial charge on any atom is 0.142 e. The van der Waals surface area contributed by atoms with Gasteiger partial charge < -0.3 is 15.4 Å². The molecule has 1 aromatic carbocycles. The number of hydrogen-bond acceptors (Lipinski definition) is 4. The minimum atomic E-state index is 0.648. The van der Waals surface area contributed by atoms with Crippen molar-refractivity contribution in [2.75, 3.05) is 23.8 Å². The molecule has 4 heteroatoms. The van der Waals surface area contributed by atoms with E-state index in [-0.39, 0.29) is 0 Å². The van der Waals surface area contributed by atoms with Crippen molar-refractivity contribution in [2.45, 2.75) is 20.3 Å². The number of para-hydroxylation sites is 2. The van der Waals surface area contributed by atoms with E-state index in [1.54, 1.807) is 6.20 Å². The second kappa shape index (κ2) is 7.38. The number of anilines is 3. The topological polar surface area (TPSA) is 46.2 Å². The molecule has 106 valence electrons. The number of aromatic nitrogens is 1. The van der Waals surface area contributed by atoms with Crippen molar-refractivity contribution < 1.29 is 4.74 Å². The van der Waals surface area contributed by atoms with E-state index in [9.17, 15) is 0 Å². The molecule has 0 radical (unpaired) electrons. The molecule has 0 aliphatic carbocycles. The van der Waals surface area contributed by atoms with Crippen LogP contribution in [0.5, 0.6) is 5.75 Å². The maximum atomic E-state index is 5.61. The monoisotopic (exact) mass is 271 g/mol. The molecule has 0 fully saturated rings. The molecule has 0 bridgehead atoms. The van der Waals surface area contributed by atoms with Crippen molar-refractivity contribution in [1.82, 2.24) is 4.98 Å². The summed E-state index contributed by atoms with van der Waals surface area (Å²) in [6.45, 7) is 5.71. The van der Waals surface area contributed by atoms with E-state index in [1.165, 1.54) is 0 Å². The lowest BCUT2D eigenvalue weighted by Crippen LogP contribution is -2.01. The molecule has 0 aliphatic rings. The van der Waals surface area contributed by atoms with Crippen LogP contribution in [-0.2, 0) is 0 Å². The molecule has 1 heterocycles. The van der Waals surface area contributed by atoms with E-state index in [0.717, 1.165) is 35.8 Å². The first kappa shape index (κ1) is 14.2. The Hall–Kier alpha value is -2.23. The van der Waals surface area contributed by atoms with Gasteiger partial charge >= 0.3 is 0 Å². The quantitative estimate of drug-likeness (QED) is 0.797. The van der Waals surface area contributed by atoms with Crippen molar-refractivity contribution in [3.8, 4) is 5.75 Å². The molecule has 0 saturated carbocycles. The molecule has 2 rings (SSSR count). The van der Waals surface area contributed by atoms with Crippen molar-refractivity contribution in [2.24, 2.45) is 0 Å². The summed E-state index contributed by atoms with van der Waals surface area (Å²) >= 11 is 0. The third kappa shape index (κ3) is 3.88. The SMILES string of the molecule is CCCNc1cncc(Nc2ccccc2OCC)c1. The van der Waals surface area contributed by atoms with Gasteiger partial charge in [0.2, 0.25) is 0 Å². The fourth-order valence-electron chi connectivity index (χ4n) is 1.88. The van der Waals surface area contributed by atoms with Crippen LogP contribution in [0, 0.1) is 0 Å². The second-order valence-corrected chi connectivity index (χ2v) is 4.44. The van der Waals surface area contributed by atoms with Crippen LogP contribution in [0.15, 0.2) is 42.7 Å². The molecular weight excluding hydrogens is 250 g/mol. The number of rotatable bonds is 7. The van der Waals surface area contributed by atoms with Crippen LogP contribution in [-0.4, -0.2) is 18.1 Å². The molecule has 2 aromatic rings. The summed E-state index contributed by atoms with van der Waals surface area (Å²) in [4.78, 5) is 4.24. The number of benzene rings is 1. The van der Waals surface area contributed by atoms with Gasteiger partial charge in [-0.3, -0.25) is 4.98 Å². The van der Waals surface area contributed by atoms with Crippen molar-refractivity contribution >= 4 is 17.1 Å². The average molecular weight is 271 g/mol. The number of pyridine rings is 1. The van der Waals surface area contributed by atoms with Gasteiger partial charge in [-0.15, -0.1) is 0 Å². The molecule has 0 amide bonds. The van der Waals surface area contributed by atoms with Gasteiger partial charge in [-0.1, -0.05) is 19.1 Å². The summed E-state index contributed by atoms with van der Waals surface area (Å²) in [5.41, 5.74) is 2.91. The standard InChI is InChI=1S/C16H21N3O/c1-3-9-18-13-10-14(12-17-11-13)19-15-7-5-6-8-16(15)20-4-2/h5-8,10-12,18-19H,3-4,9H2,1-2H3. The zero-order valence-electron chi connectivity index (χ0n) is 12.0. The second-order valence-electron chi connectivity index (χ2n) is 4.44. The van der Waals surface area contributed by atoms with Crippen molar-refractivity contribution in [3.63, 3.8) is 0 Å². The Morgan fingerprint density at radius 2 is 1.90 bits per heavy atom. The van der Waals surface area contributed by atoms with Crippen LogP contribution in [0.2, 0.25) is 0 Å². The van der Waals surface area contributed by atoms with Crippen LogP contribution in [0.4, 0.5) is 17.1 Å². The summed E-state index contributed by atoms with van der Waals surface area (Å²) in [5.74, 6) is 0.849. The largest absolute Gasteiger partial charge is 0.492 e. The fourth-order valence-corrected chi connectivity index (χ4v) is 1.88. The summed E-state index contributed by atoms with van der Waals surface area (Å²) in [6.07, 6.45) is 4.72. The molecule has 0 aliphatic heterocycles. The molecule has 0 atom stereocenters. The highest BCUT2D eigenvalue weighted by molar-refractivity contribution is 5.67.